The quantitative estimate of drug-likeness (QED) is 0.762. The van der Waals surface area contributed by atoms with Gasteiger partial charge in [0.15, 0.2) is 0 Å². The first-order chi connectivity index (χ1) is 7.24. The Bertz CT molecular complexity index is 382. The lowest BCUT2D eigenvalue weighted by molar-refractivity contribution is 0.0550. The zero-order valence-electron chi connectivity index (χ0n) is 8.94. The Kier molecular flexibility index (Phi) is 1.99. The second-order valence-electron chi connectivity index (χ2n) is 4.79. The molecule has 1 unspecified atom stereocenters. The summed E-state index contributed by atoms with van der Waals surface area (Å²) in [7, 11) is 0. The van der Waals surface area contributed by atoms with E-state index < -0.39 is 0 Å². The molecule has 3 rings (SSSR count). The number of rotatable bonds is 1. The van der Waals surface area contributed by atoms with E-state index in [0.717, 1.165) is 17.7 Å². The Morgan fingerprint density at radius 2 is 2.13 bits per heavy atom. The summed E-state index contributed by atoms with van der Waals surface area (Å²) in [5, 5.41) is 10.1. The van der Waals surface area contributed by atoms with Gasteiger partial charge in [-0.05, 0) is 37.8 Å². The highest BCUT2D eigenvalue weighted by atomic mass is 16.5. The third-order valence-electron chi connectivity index (χ3n) is 3.41. The largest absolute Gasteiger partial charge is 0.490 e. The van der Waals surface area contributed by atoms with Gasteiger partial charge in [-0.1, -0.05) is 11.6 Å². The van der Waals surface area contributed by atoms with Crippen LogP contribution in [-0.2, 0) is 0 Å². The van der Waals surface area contributed by atoms with Gasteiger partial charge >= 0.3 is 0 Å². The highest BCUT2D eigenvalue weighted by molar-refractivity contribution is 5.40. The van der Waals surface area contributed by atoms with Crippen LogP contribution in [0.5, 0.6) is 5.75 Å². The molecular formula is C13H16O2. The van der Waals surface area contributed by atoms with E-state index in [1.165, 1.54) is 18.4 Å². The van der Waals surface area contributed by atoms with Gasteiger partial charge in [-0.15, -0.1) is 0 Å². The number of aliphatic hydroxyl groups is 1. The molecular weight excluding hydrogens is 188 g/mol. The summed E-state index contributed by atoms with van der Waals surface area (Å²) in [6.07, 6.45) is 3.20. The van der Waals surface area contributed by atoms with Gasteiger partial charge in [-0.2, -0.15) is 0 Å². The molecule has 1 heterocycles. The van der Waals surface area contributed by atoms with Gasteiger partial charge < -0.3 is 9.84 Å². The van der Waals surface area contributed by atoms with Crippen molar-refractivity contribution in [2.75, 3.05) is 0 Å². The summed E-state index contributed by atoms with van der Waals surface area (Å²) < 4.78 is 5.92. The molecule has 1 fully saturated rings. The lowest BCUT2D eigenvalue weighted by Crippen LogP contribution is -2.27. The lowest BCUT2D eigenvalue weighted by Gasteiger charge is -2.30. The van der Waals surface area contributed by atoms with Crippen molar-refractivity contribution in [2.24, 2.45) is 5.92 Å². The number of ether oxygens (including phenoxy) is 1. The second kappa shape index (κ2) is 3.24. The molecule has 0 aromatic heterocycles. The molecule has 0 spiro atoms. The minimum absolute atomic E-state index is 0.246. The van der Waals surface area contributed by atoms with Crippen molar-refractivity contribution in [2.45, 2.75) is 38.4 Å². The minimum atomic E-state index is -0.334. The maximum atomic E-state index is 10.1. The van der Waals surface area contributed by atoms with Crippen LogP contribution in [0.25, 0.3) is 0 Å². The molecule has 2 aliphatic rings. The van der Waals surface area contributed by atoms with Crippen LogP contribution in [0.15, 0.2) is 18.2 Å². The van der Waals surface area contributed by atoms with Gasteiger partial charge in [0.2, 0.25) is 0 Å². The molecule has 0 radical (unpaired) electrons. The molecule has 1 aliphatic heterocycles. The molecule has 2 heteroatoms. The molecule has 1 saturated carbocycles. The second-order valence-corrected chi connectivity index (χ2v) is 4.79. The number of fused-ring (bicyclic) bond motifs is 1. The van der Waals surface area contributed by atoms with Crippen molar-refractivity contribution < 1.29 is 9.84 Å². The van der Waals surface area contributed by atoms with Crippen molar-refractivity contribution >= 4 is 0 Å². The van der Waals surface area contributed by atoms with Crippen LogP contribution in [0.2, 0.25) is 0 Å². The molecule has 1 aromatic carbocycles. The zero-order valence-corrected chi connectivity index (χ0v) is 8.94. The highest BCUT2D eigenvalue weighted by Crippen LogP contribution is 2.43. The number of aliphatic hydroxyl groups excluding tert-OH is 1. The monoisotopic (exact) mass is 204 g/mol. The van der Waals surface area contributed by atoms with Gasteiger partial charge in [0, 0.05) is 12.0 Å². The Labute approximate surface area is 89.9 Å². The average molecular weight is 204 g/mol. The Balaban J connectivity index is 1.93. The van der Waals surface area contributed by atoms with Crippen LogP contribution >= 0.6 is 0 Å². The van der Waals surface area contributed by atoms with Crippen LogP contribution in [0, 0.1) is 12.8 Å². The maximum Gasteiger partial charge on any atom is 0.125 e. The van der Waals surface area contributed by atoms with E-state index in [0.29, 0.717) is 5.92 Å². The van der Waals surface area contributed by atoms with Crippen LogP contribution in [0.4, 0.5) is 0 Å². The predicted octanol–water partition coefficient (Wildman–Crippen LogP) is 2.59. The average Bonchev–Trinajstić information content (AvgIpc) is 3.02. The summed E-state index contributed by atoms with van der Waals surface area (Å²) in [5.41, 5.74) is 2.15. The molecule has 2 nitrogen and oxygen atoms in total. The number of aryl methyl sites for hydroxylation is 1. The summed E-state index contributed by atoms with van der Waals surface area (Å²) in [6.45, 7) is 2.04. The van der Waals surface area contributed by atoms with Gasteiger partial charge in [0.25, 0.3) is 0 Å². The lowest BCUT2D eigenvalue weighted by atomic mass is 9.95. The van der Waals surface area contributed by atoms with Crippen molar-refractivity contribution in [3.8, 4) is 5.75 Å². The van der Waals surface area contributed by atoms with Crippen LogP contribution in [0.1, 0.15) is 36.5 Å². The van der Waals surface area contributed by atoms with E-state index in [2.05, 4.69) is 0 Å². The van der Waals surface area contributed by atoms with E-state index >= 15 is 0 Å². The number of benzene rings is 1. The number of hydrogen-bond acceptors (Lipinski definition) is 2. The molecule has 0 amide bonds. The van der Waals surface area contributed by atoms with E-state index in [9.17, 15) is 5.11 Å². The molecule has 1 aromatic rings. The summed E-state index contributed by atoms with van der Waals surface area (Å²) >= 11 is 0. The minimum Gasteiger partial charge on any atom is -0.490 e. The molecule has 0 bridgehead atoms. The predicted molar refractivity (Wildman–Crippen MR) is 57.9 cm³/mol. The first-order valence-electron chi connectivity index (χ1n) is 5.69. The van der Waals surface area contributed by atoms with E-state index in [1.807, 2.05) is 25.1 Å². The number of hydrogen-bond donors (Lipinski definition) is 1. The fraction of sp³-hybridized carbons (Fsp3) is 0.538. The molecule has 80 valence electrons. The molecule has 1 aliphatic carbocycles. The zero-order chi connectivity index (χ0) is 10.4. The summed E-state index contributed by atoms with van der Waals surface area (Å²) in [4.78, 5) is 0. The van der Waals surface area contributed by atoms with Crippen molar-refractivity contribution in [1.82, 2.24) is 0 Å². The summed E-state index contributed by atoms with van der Waals surface area (Å²) in [6, 6.07) is 6.06. The summed E-state index contributed by atoms with van der Waals surface area (Å²) in [5.74, 6) is 1.57. The fourth-order valence-electron chi connectivity index (χ4n) is 2.35. The third kappa shape index (κ3) is 1.63. The Hall–Kier alpha value is -1.02. The van der Waals surface area contributed by atoms with Crippen molar-refractivity contribution in [3.05, 3.63) is 29.3 Å². The third-order valence-corrected chi connectivity index (χ3v) is 3.41. The van der Waals surface area contributed by atoms with Gasteiger partial charge in [-0.3, -0.25) is 0 Å². The SMILES string of the molecule is Cc1ccc2c(c1)[C@@H](O)CC(C1CC1)O2. The van der Waals surface area contributed by atoms with Gasteiger partial charge in [0.1, 0.15) is 11.9 Å². The molecule has 1 N–H and O–H groups in total. The topological polar surface area (TPSA) is 29.5 Å². The van der Waals surface area contributed by atoms with Crippen LogP contribution < -0.4 is 4.74 Å². The molecule has 2 atom stereocenters. The first-order valence-corrected chi connectivity index (χ1v) is 5.69. The maximum absolute atomic E-state index is 10.1. The van der Waals surface area contributed by atoms with Crippen molar-refractivity contribution in [3.63, 3.8) is 0 Å². The fourth-order valence-corrected chi connectivity index (χ4v) is 2.35. The van der Waals surface area contributed by atoms with Crippen LogP contribution in [0.3, 0.4) is 0 Å². The van der Waals surface area contributed by atoms with E-state index in [4.69, 9.17) is 4.74 Å². The highest BCUT2D eigenvalue weighted by Gasteiger charge is 2.38. The van der Waals surface area contributed by atoms with E-state index in [1.54, 1.807) is 0 Å². The van der Waals surface area contributed by atoms with Gasteiger partial charge in [0.05, 0.1) is 6.10 Å². The normalized spacial score (nSPS) is 29.5. The first kappa shape index (κ1) is 9.22. The standard InChI is InChI=1S/C13H16O2/c1-8-2-5-12-10(6-8)11(14)7-13(15-12)9-3-4-9/h2,5-6,9,11,13-14H,3-4,7H2,1H3/t11-,13?/m0/s1. The molecule has 15 heavy (non-hydrogen) atoms. The van der Waals surface area contributed by atoms with Gasteiger partial charge in [-0.25, -0.2) is 0 Å². The van der Waals surface area contributed by atoms with E-state index in [-0.39, 0.29) is 12.2 Å². The Morgan fingerprint density at radius 1 is 1.33 bits per heavy atom. The van der Waals surface area contributed by atoms with Crippen LogP contribution in [-0.4, -0.2) is 11.2 Å². The Morgan fingerprint density at radius 3 is 2.87 bits per heavy atom. The smallest absolute Gasteiger partial charge is 0.125 e. The van der Waals surface area contributed by atoms with Crippen molar-refractivity contribution in [1.29, 1.82) is 0 Å². The molecule has 0 saturated heterocycles.